The number of carbonyl (C=O) groups is 2. The average Bonchev–Trinajstić information content (AvgIpc) is 2.54. The molecule has 2 amide bonds. The smallest absolute Gasteiger partial charge is 0.270 e. The van der Waals surface area contributed by atoms with E-state index in [-0.39, 0.29) is 29.1 Å². The highest BCUT2D eigenvalue weighted by atomic mass is 16.2. The molecule has 0 radical (unpaired) electrons. The number of hydrogen-bond acceptors (Lipinski definition) is 3. The van der Waals surface area contributed by atoms with Crippen LogP contribution in [0.5, 0.6) is 0 Å². The third-order valence-corrected chi connectivity index (χ3v) is 3.39. The third kappa shape index (κ3) is 4.91. The van der Waals surface area contributed by atoms with Crippen LogP contribution in [0.4, 0.5) is 0 Å². The summed E-state index contributed by atoms with van der Waals surface area (Å²) < 4.78 is 0. The summed E-state index contributed by atoms with van der Waals surface area (Å²) in [5.74, 6) is -0.535. The Bertz CT molecular complexity index is 721. The number of amides is 2. The molecule has 2 rings (SSSR count). The topological polar surface area (TPSA) is 71.1 Å². The van der Waals surface area contributed by atoms with E-state index in [1.54, 1.807) is 6.07 Å². The van der Waals surface area contributed by atoms with Crippen LogP contribution in [0, 0.1) is 0 Å². The first-order valence-corrected chi connectivity index (χ1v) is 7.90. The molecule has 0 saturated carbocycles. The van der Waals surface area contributed by atoms with Crippen molar-refractivity contribution in [1.82, 2.24) is 15.6 Å². The van der Waals surface area contributed by atoms with Gasteiger partial charge in [-0.15, -0.1) is 0 Å². The van der Waals surface area contributed by atoms with Gasteiger partial charge in [-0.2, -0.15) is 0 Å². The van der Waals surface area contributed by atoms with Crippen LogP contribution in [0.25, 0.3) is 0 Å². The van der Waals surface area contributed by atoms with E-state index in [9.17, 15) is 9.59 Å². The number of nitrogens with one attached hydrogen (secondary N) is 2. The van der Waals surface area contributed by atoms with Gasteiger partial charge in [-0.05, 0) is 45.4 Å². The summed E-state index contributed by atoms with van der Waals surface area (Å²) in [7, 11) is 0. The first-order chi connectivity index (χ1) is 11.3. The Morgan fingerprint density at radius 2 is 1.71 bits per heavy atom. The second-order valence-corrected chi connectivity index (χ2v) is 6.74. The van der Waals surface area contributed by atoms with Gasteiger partial charge in [0, 0.05) is 17.3 Å². The van der Waals surface area contributed by atoms with Crippen molar-refractivity contribution in [3.63, 3.8) is 0 Å². The minimum absolute atomic E-state index is 0.126. The molecular formula is C19H23N3O2. The van der Waals surface area contributed by atoms with Gasteiger partial charge in [0.1, 0.15) is 5.69 Å². The van der Waals surface area contributed by atoms with Crippen LogP contribution < -0.4 is 10.6 Å². The monoisotopic (exact) mass is 325 g/mol. The molecule has 5 heteroatoms. The van der Waals surface area contributed by atoms with Gasteiger partial charge in [0.25, 0.3) is 11.8 Å². The van der Waals surface area contributed by atoms with Gasteiger partial charge < -0.3 is 10.6 Å². The average molecular weight is 325 g/mol. The summed E-state index contributed by atoms with van der Waals surface area (Å²) in [6, 6.07) is 12.7. The van der Waals surface area contributed by atoms with E-state index in [0.29, 0.717) is 5.56 Å². The van der Waals surface area contributed by atoms with Gasteiger partial charge in [0.15, 0.2) is 0 Å². The lowest BCUT2D eigenvalue weighted by molar-refractivity contribution is 0.0914. The molecule has 1 atom stereocenters. The zero-order chi connectivity index (χ0) is 17.7. The molecule has 1 unspecified atom stereocenters. The van der Waals surface area contributed by atoms with Gasteiger partial charge in [-0.1, -0.05) is 30.3 Å². The molecule has 2 aromatic rings. The standard InChI is InChI=1S/C19H23N3O2/c1-13(14-8-6-5-7-9-14)21-17(23)15-10-11-20-16(12-15)18(24)22-19(2,3)4/h5-13H,1-4H3,(H,21,23)(H,22,24). The molecule has 2 N–H and O–H groups in total. The van der Waals surface area contributed by atoms with E-state index in [0.717, 1.165) is 5.56 Å². The molecule has 0 aliphatic heterocycles. The first kappa shape index (κ1) is 17.7. The number of nitrogens with zero attached hydrogens (tertiary/aromatic N) is 1. The molecule has 1 aromatic heterocycles. The Hall–Kier alpha value is -2.69. The van der Waals surface area contributed by atoms with Crippen molar-refractivity contribution in [2.45, 2.75) is 39.3 Å². The van der Waals surface area contributed by atoms with Crippen LogP contribution in [0.15, 0.2) is 48.7 Å². The van der Waals surface area contributed by atoms with Crippen LogP contribution in [0.1, 0.15) is 60.1 Å². The molecule has 0 aliphatic rings. The molecule has 126 valence electrons. The van der Waals surface area contributed by atoms with Crippen molar-refractivity contribution in [3.8, 4) is 0 Å². The SMILES string of the molecule is CC(NC(=O)c1ccnc(C(=O)NC(C)(C)C)c1)c1ccccc1. The Kier molecular flexibility index (Phi) is 5.34. The van der Waals surface area contributed by atoms with E-state index < -0.39 is 0 Å². The predicted octanol–water partition coefficient (Wildman–Crippen LogP) is 3.10. The Balaban J connectivity index is 2.10. The Morgan fingerprint density at radius 1 is 1.04 bits per heavy atom. The third-order valence-electron chi connectivity index (χ3n) is 3.39. The van der Waals surface area contributed by atoms with Crippen LogP contribution in [-0.2, 0) is 0 Å². The van der Waals surface area contributed by atoms with E-state index in [1.165, 1.54) is 12.3 Å². The molecule has 0 saturated heterocycles. The molecule has 24 heavy (non-hydrogen) atoms. The van der Waals surface area contributed by atoms with Crippen molar-refractivity contribution in [2.75, 3.05) is 0 Å². The lowest BCUT2D eigenvalue weighted by Crippen LogP contribution is -2.41. The summed E-state index contributed by atoms with van der Waals surface area (Å²) in [5.41, 5.74) is 1.29. The van der Waals surface area contributed by atoms with Gasteiger partial charge in [-0.25, -0.2) is 0 Å². The van der Waals surface area contributed by atoms with Gasteiger partial charge in [0.05, 0.1) is 6.04 Å². The molecule has 0 fully saturated rings. The molecule has 0 spiro atoms. The molecule has 0 bridgehead atoms. The quantitative estimate of drug-likeness (QED) is 0.907. The van der Waals surface area contributed by atoms with Gasteiger partial charge in [0.2, 0.25) is 0 Å². The van der Waals surface area contributed by atoms with E-state index >= 15 is 0 Å². The molecule has 0 aliphatic carbocycles. The maximum atomic E-state index is 12.4. The highest BCUT2D eigenvalue weighted by Gasteiger charge is 2.18. The van der Waals surface area contributed by atoms with Crippen LogP contribution in [0.3, 0.4) is 0 Å². The summed E-state index contributed by atoms with van der Waals surface area (Å²) in [4.78, 5) is 28.6. The highest BCUT2D eigenvalue weighted by Crippen LogP contribution is 2.13. The van der Waals surface area contributed by atoms with Crippen molar-refractivity contribution in [3.05, 3.63) is 65.5 Å². The van der Waals surface area contributed by atoms with E-state index in [1.807, 2.05) is 58.0 Å². The summed E-state index contributed by atoms with van der Waals surface area (Å²) >= 11 is 0. The summed E-state index contributed by atoms with van der Waals surface area (Å²) in [6.45, 7) is 7.59. The molecular weight excluding hydrogens is 302 g/mol. The van der Waals surface area contributed by atoms with Crippen LogP contribution in [0.2, 0.25) is 0 Å². The number of aromatic nitrogens is 1. The molecule has 5 nitrogen and oxygen atoms in total. The fourth-order valence-electron chi connectivity index (χ4n) is 2.21. The largest absolute Gasteiger partial charge is 0.346 e. The minimum Gasteiger partial charge on any atom is -0.346 e. The first-order valence-electron chi connectivity index (χ1n) is 7.90. The lowest BCUT2D eigenvalue weighted by Gasteiger charge is -2.20. The van der Waals surface area contributed by atoms with E-state index in [2.05, 4.69) is 15.6 Å². The fourth-order valence-corrected chi connectivity index (χ4v) is 2.21. The van der Waals surface area contributed by atoms with Crippen molar-refractivity contribution >= 4 is 11.8 Å². The minimum atomic E-state index is -0.362. The van der Waals surface area contributed by atoms with Gasteiger partial charge >= 0.3 is 0 Å². The number of carbonyl (C=O) groups excluding carboxylic acids is 2. The molecule has 1 heterocycles. The summed E-state index contributed by atoms with van der Waals surface area (Å²) in [5, 5.41) is 5.76. The second kappa shape index (κ2) is 7.25. The number of benzene rings is 1. The van der Waals surface area contributed by atoms with E-state index in [4.69, 9.17) is 0 Å². The van der Waals surface area contributed by atoms with Crippen molar-refractivity contribution < 1.29 is 9.59 Å². The van der Waals surface area contributed by atoms with Crippen molar-refractivity contribution in [2.24, 2.45) is 0 Å². The Labute approximate surface area is 142 Å². The lowest BCUT2D eigenvalue weighted by atomic mass is 10.1. The zero-order valence-corrected chi connectivity index (χ0v) is 14.5. The number of rotatable bonds is 4. The second-order valence-electron chi connectivity index (χ2n) is 6.74. The number of hydrogen-bond donors (Lipinski definition) is 2. The number of pyridine rings is 1. The van der Waals surface area contributed by atoms with Gasteiger partial charge in [-0.3, -0.25) is 14.6 Å². The highest BCUT2D eigenvalue weighted by molar-refractivity contribution is 5.98. The maximum Gasteiger partial charge on any atom is 0.270 e. The predicted molar refractivity (Wildman–Crippen MR) is 93.8 cm³/mol. The fraction of sp³-hybridized carbons (Fsp3) is 0.316. The molecule has 1 aromatic carbocycles. The maximum absolute atomic E-state index is 12.4. The zero-order valence-electron chi connectivity index (χ0n) is 14.5. The normalized spacial score (nSPS) is 12.3. The van der Waals surface area contributed by atoms with Crippen LogP contribution >= 0.6 is 0 Å². The van der Waals surface area contributed by atoms with Crippen molar-refractivity contribution in [1.29, 1.82) is 0 Å². The Morgan fingerprint density at radius 3 is 2.33 bits per heavy atom. The summed E-state index contributed by atoms with van der Waals surface area (Å²) in [6.07, 6.45) is 1.47. The van der Waals surface area contributed by atoms with Crippen LogP contribution in [-0.4, -0.2) is 22.3 Å².